The van der Waals surface area contributed by atoms with Crippen molar-refractivity contribution in [1.82, 2.24) is 5.43 Å². The van der Waals surface area contributed by atoms with E-state index in [1.54, 1.807) is 18.4 Å². The van der Waals surface area contributed by atoms with Gasteiger partial charge in [-0.2, -0.15) is 5.10 Å². The molecule has 5 heteroatoms. The van der Waals surface area contributed by atoms with Crippen LogP contribution in [0.3, 0.4) is 0 Å². The van der Waals surface area contributed by atoms with E-state index in [1.165, 1.54) is 11.8 Å². The second-order valence-electron chi connectivity index (χ2n) is 5.17. The third kappa shape index (κ3) is 4.22. The van der Waals surface area contributed by atoms with Crippen molar-refractivity contribution in [3.63, 3.8) is 0 Å². The lowest BCUT2D eigenvalue weighted by Crippen LogP contribution is -2.37. The molecule has 116 valence electrons. The molecule has 2 rings (SSSR count). The van der Waals surface area contributed by atoms with Crippen LogP contribution in [-0.4, -0.2) is 18.2 Å². The summed E-state index contributed by atoms with van der Waals surface area (Å²) in [5, 5.41) is 7.16. The number of benzene rings is 1. The van der Waals surface area contributed by atoms with Crippen LogP contribution in [0.5, 0.6) is 0 Å². The third-order valence-corrected chi connectivity index (χ3v) is 3.35. The molecule has 0 radical (unpaired) electrons. The lowest BCUT2D eigenvalue weighted by atomic mass is 10.1. The first-order valence-electron chi connectivity index (χ1n) is 7.30. The van der Waals surface area contributed by atoms with Crippen molar-refractivity contribution in [2.45, 2.75) is 33.2 Å². The number of carbonyl (C=O) groups is 1. The van der Waals surface area contributed by atoms with Crippen LogP contribution in [0.15, 0.2) is 46.1 Å². The quantitative estimate of drug-likeness (QED) is 0.635. The minimum absolute atomic E-state index is 0.176. The van der Waals surface area contributed by atoms with Gasteiger partial charge in [-0.25, -0.2) is 5.43 Å². The summed E-state index contributed by atoms with van der Waals surface area (Å²) in [7, 11) is 0. The van der Waals surface area contributed by atoms with E-state index >= 15 is 0 Å². The second-order valence-corrected chi connectivity index (χ2v) is 5.17. The van der Waals surface area contributed by atoms with Gasteiger partial charge in [0.15, 0.2) is 0 Å². The summed E-state index contributed by atoms with van der Waals surface area (Å²) in [6.07, 6.45) is 3.69. The summed E-state index contributed by atoms with van der Waals surface area (Å²) in [6.45, 7) is 6.02. The zero-order chi connectivity index (χ0) is 15.9. The molecule has 0 bridgehead atoms. The lowest BCUT2D eigenvalue weighted by molar-refractivity contribution is -0.121. The van der Waals surface area contributed by atoms with E-state index < -0.39 is 0 Å². The van der Waals surface area contributed by atoms with Crippen LogP contribution in [0.4, 0.5) is 5.69 Å². The van der Waals surface area contributed by atoms with Gasteiger partial charge in [0.25, 0.3) is 5.91 Å². The first-order valence-corrected chi connectivity index (χ1v) is 7.30. The molecular weight excluding hydrogens is 278 g/mol. The van der Waals surface area contributed by atoms with Crippen molar-refractivity contribution < 1.29 is 9.21 Å². The number of nitrogens with zero attached hydrogens (tertiary/aromatic N) is 1. The SMILES string of the molecule is CC[C@@H](Nc1ccc(C)cc1C)C(=O)NN=Cc1ccco1. The fraction of sp³-hybridized carbons (Fsp3) is 0.294. The maximum Gasteiger partial charge on any atom is 0.262 e. The number of rotatable bonds is 6. The van der Waals surface area contributed by atoms with Gasteiger partial charge in [0, 0.05) is 5.69 Å². The minimum Gasteiger partial charge on any atom is -0.463 e. The summed E-state index contributed by atoms with van der Waals surface area (Å²) in [4.78, 5) is 12.2. The molecule has 2 N–H and O–H groups in total. The summed E-state index contributed by atoms with van der Waals surface area (Å²) >= 11 is 0. The summed E-state index contributed by atoms with van der Waals surface area (Å²) in [5.41, 5.74) is 5.81. The second kappa shape index (κ2) is 7.45. The van der Waals surface area contributed by atoms with Gasteiger partial charge in [0.2, 0.25) is 0 Å². The van der Waals surface area contributed by atoms with Crippen LogP contribution in [0.2, 0.25) is 0 Å². The Morgan fingerprint density at radius 1 is 1.36 bits per heavy atom. The minimum atomic E-state index is -0.338. The number of amides is 1. The molecule has 0 aliphatic carbocycles. The standard InChI is InChI=1S/C17H21N3O2/c1-4-15(19-16-8-7-12(2)10-13(16)3)17(21)20-18-11-14-6-5-9-22-14/h5-11,15,19H,4H2,1-3H3,(H,20,21)/t15-/m1/s1. The van der Waals surface area contributed by atoms with Gasteiger partial charge >= 0.3 is 0 Å². The van der Waals surface area contributed by atoms with E-state index in [0.29, 0.717) is 12.2 Å². The highest BCUT2D eigenvalue weighted by Crippen LogP contribution is 2.17. The highest BCUT2D eigenvalue weighted by atomic mass is 16.3. The maximum atomic E-state index is 12.2. The first-order chi connectivity index (χ1) is 10.6. The number of carbonyl (C=O) groups excluding carboxylic acids is 1. The Morgan fingerprint density at radius 3 is 2.82 bits per heavy atom. The van der Waals surface area contributed by atoms with Gasteiger partial charge in [-0.05, 0) is 44.0 Å². The van der Waals surface area contributed by atoms with E-state index in [4.69, 9.17) is 4.42 Å². The molecule has 0 unspecified atom stereocenters. The van der Waals surface area contributed by atoms with E-state index in [9.17, 15) is 4.79 Å². The molecule has 0 saturated heterocycles. The monoisotopic (exact) mass is 299 g/mol. The van der Waals surface area contributed by atoms with Crippen molar-refractivity contribution in [3.05, 3.63) is 53.5 Å². The van der Waals surface area contributed by atoms with Gasteiger partial charge in [-0.1, -0.05) is 24.6 Å². The van der Waals surface area contributed by atoms with Crippen molar-refractivity contribution >= 4 is 17.8 Å². The molecule has 1 atom stereocenters. The number of furan rings is 1. The van der Waals surface area contributed by atoms with Crippen LogP contribution < -0.4 is 10.7 Å². The summed E-state index contributed by atoms with van der Waals surface area (Å²) < 4.78 is 5.11. The van der Waals surface area contributed by atoms with Crippen LogP contribution in [-0.2, 0) is 4.79 Å². The van der Waals surface area contributed by atoms with E-state index in [-0.39, 0.29) is 11.9 Å². The predicted octanol–water partition coefficient (Wildman–Crippen LogP) is 3.24. The Morgan fingerprint density at radius 2 is 2.18 bits per heavy atom. The van der Waals surface area contributed by atoms with E-state index in [0.717, 1.165) is 11.3 Å². The lowest BCUT2D eigenvalue weighted by Gasteiger charge is -2.18. The number of hydrogen-bond acceptors (Lipinski definition) is 4. The van der Waals surface area contributed by atoms with E-state index in [1.807, 2.05) is 32.9 Å². The summed E-state index contributed by atoms with van der Waals surface area (Å²) in [5.74, 6) is 0.418. The number of aryl methyl sites for hydroxylation is 2. The van der Waals surface area contributed by atoms with Gasteiger partial charge in [0.05, 0.1) is 12.5 Å². The van der Waals surface area contributed by atoms with Gasteiger partial charge in [-0.3, -0.25) is 4.79 Å². The normalized spacial score (nSPS) is 12.3. The molecule has 1 heterocycles. The Bertz CT molecular complexity index is 648. The zero-order valence-corrected chi connectivity index (χ0v) is 13.1. The third-order valence-electron chi connectivity index (χ3n) is 3.35. The number of nitrogens with one attached hydrogen (secondary N) is 2. The maximum absolute atomic E-state index is 12.2. The molecule has 1 aromatic heterocycles. The average molecular weight is 299 g/mol. The van der Waals surface area contributed by atoms with Gasteiger partial charge < -0.3 is 9.73 Å². The van der Waals surface area contributed by atoms with Gasteiger partial charge in [-0.15, -0.1) is 0 Å². The Balaban J connectivity index is 1.96. The molecule has 1 aromatic carbocycles. The molecule has 0 aliphatic rings. The largest absolute Gasteiger partial charge is 0.463 e. The first kappa shape index (κ1) is 15.8. The molecule has 0 fully saturated rings. The Kier molecular flexibility index (Phi) is 5.36. The predicted molar refractivity (Wildman–Crippen MR) is 88.1 cm³/mol. The molecule has 0 spiro atoms. The van der Waals surface area contributed by atoms with Crippen LogP contribution in [0, 0.1) is 13.8 Å². The molecule has 2 aromatic rings. The number of anilines is 1. The molecule has 1 amide bonds. The molecule has 0 aliphatic heterocycles. The van der Waals surface area contributed by atoms with Crippen molar-refractivity contribution in [3.8, 4) is 0 Å². The zero-order valence-electron chi connectivity index (χ0n) is 13.1. The van der Waals surface area contributed by atoms with Crippen LogP contribution in [0.25, 0.3) is 0 Å². The topological polar surface area (TPSA) is 66.6 Å². The molecule has 0 saturated carbocycles. The van der Waals surface area contributed by atoms with Crippen molar-refractivity contribution in [2.24, 2.45) is 5.10 Å². The van der Waals surface area contributed by atoms with Crippen LogP contribution in [0.1, 0.15) is 30.2 Å². The fourth-order valence-electron chi connectivity index (χ4n) is 2.12. The highest BCUT2D eigenvalue weighted by molar-refractivity contribution is 5.86. The molecular formula is C17H21N3O2. The van der Waals surface area contributed by atoms with Crippen molar-refractivity contribution in [1.29, 1.82) is 0 Å². The number of hydrazone groups is 1. The Hall–Kier alpha value is -2.56. The number of hydrogen-bond donors (Lipinski definition) is 2. The van der Waals surface area contributed by atoms with Crippen molar-refractivity contribution in [2.75, 3.05) is 5.32 Å². The van der Waals surface area contributed by atoms with Gasteiger partial charge in [0.1, 0.15) is 11.8 Å². The molecule has 5 nitrogen and oxygen atoms in total. The average Bonchev–Trinajstić information content (AvgIpc) is 2.99. The summed E-state index contributed by atoms with van der Waals surface area (Å²) in [6, 6.07) is 9.29. The van der Waals surface area contributed by atoms with Crippen LogP contribution >= 0.6 is 0 Å². The fourth-order valence-corrected chi connectivity index (χ4v) is 2.12. The Labute approximate surface area is 130 Å². The smallest absolute Gasteiger partial charge is 0.262 e. The van der Waals surface area contributed by atoms with E-state index in [2.05, 4.69) is 21.9 Å². The molecule has 22 heavy (non-hydrogen) atoms. The highest BCUT2D eigenvalue weighted by Gasteiger charge is 2.16.